The van der Waals surface area contributed by atoms with Gasteiger partial charge < -0.3 is 10.2 Å². The number of hydrogen-bond donors (Lipinski definition) is 2. The van der Waals surface area contributed by atoms with E-state index in [1.807, 2.05) is 0 Å². The van der Waals surface area contributed by atoms with Crippen molar-refractivity contribution in [2.45, 2.75) is 26.7 Å². The summed E-state index contributed by atoms with van der Waals surface area (Å²) >= 11 is 0. The van der Waals surface area contributed by atoms with Crippen molar-refractivity contribution in [3.8, 4) is 0 Å². The van der Waals surface area contributed by atoms with Crippen LogP contribution in [0.3, 0.4) is 0 Å². The maximum Gasteiger partial charge on any atom is 0.307 e. The van der Waals surface area contributed by atoms with Crippen LogP contribution in [0.25, 0.3) is 0 Å². The first-order valence-corrected chi connectivity index (χ1v) is 4.85. The Hall–Kier alpha value is -1.84. The van der Waals surface area contributed by atoms with E-state index in [0.29, 0.717) is 0 Å². The van der Waals surface area contributed by atoms with E-state index in [1.165, 1.54) is 0 Å². The third-order valence-corrected chi connectivity index (χ3v) is 1.73. The molecule has 0 atom stereocenters. The van der Waals surface area contributed by atoms with Crippen LogP contribution in [-0.4, -0.2) is 22.2 Å². The number of aliphatic carboxylic acids is 2. The molecule has 0 aromatic carbocycles. The predicted octanol–water partition coefficient (Wildman–Crippen LogP) is 2.38. The molecule has 0 unspecified atom stereocenters. The van der Waals surface area contributed by atoms with Crippen LogP contribution in [0.15, 0.2) is 35.5 Å². The molecule has 2 N–H and O–H groups in total. The summed E-state index contributed by atoms with van der Waals surface area (Å²) in [6.45, 7) is 3.46. The number of allylic oxidation sites excluding steroid dienone is 4. The van der Waals surface area contributed by atoms with Gasteiger partial charge in [-0.2, -0.15) is 0 Å². The van der Waals surface area contributed by atoms with E-state index >= 15 is 0 Å². The lowest BCUT2D eigenvalue weighted by molar-refractivity contribution is -0.137. The van der Waals surface area contributed by atoms with Crippen LogP contribution >= 0.6 is 0 Å². The summed E-state index contributed by atoms with van der Waals surface area (Å²) in [7, 11) is 0. The van der Waals surface area contributed by atoms with Crippen molar-refractivity contribution >= 4 is 11.9 Å². The number of carboxylic acids is 2. The summed E-state index contributed by atoms with van der Waals surface area (Å²) in [5.41, 5.74) is 1.49. The zero-order valence-electron chi connectivity index (χ0n) is 9.43. The molecule has 0 saturated carbocycles. The highest BCUT2D eigenvalue weighted by molar-refractivity contribution is 5.70. The molecular formula is C12H16O4. The second-order valence-electron chi connectivity index (χ2n) is 3.55. The summed E-state index contributed by atoms with van der Waals surface area (Å²) < 4.78 is 0. The minimum atomic E-state index is -0.861. The summed E-state index contributed by atoms with van der Waals surface area (Å²) in [4.78, 5) is 20.7. The zero-order chi connectivity index (χ0) is 12.6. The van der Waals surface area contributed by atoms with Gasteiger partial charge in [0.1, 0.15) is 0 Å². The SMILES string of the molecule is C\C(=C/C=C/C=C(\C)CC(=O)O)CC(=O)O. The van der Waals surface area contributed by atoms with Crippen LogP contribution < -0.4 is 0 Å². The largest absolute Gasteiger partial charge is 0.481 e. The first-order chi connectivity index (χ1) is 7.41. The average Bonchev–Trinajstić information content (AvgIpc) is 2.10. The lowest BCUT2D eigenvalue weighted by Crippen LogP contribution is -1.94. The van der Waals surface area contributed by atoms with Gasteiger partial charge in [-0.25, -0.2) is 0 Å². The standard InChI is InChI=1S/C12H16O4/c1-9(7-11(13)14)5-3-4-6-10(2)8-12(15)16/h3-6H,7-8H2,1-2H3,(H,13,14)(H,15,16)/b4-3+,9-5+,10-6+. The van der Waals surface area contributed by atoms with Gasteiger partial charge in [0.05, 0.1) is 12.8 Å². The van der Waals surface area contributed by atoms with Gasteiger partial charge in [-0.05, 0) is 13.8 Å². The van der Waals surface area contributed by atoms with Gasteiger partial charge in [0.2, 0.25) is 0 Å². The highest BCUT2D eigenvalue weighted by Crippen LogP contribution is 2.02. The molecule has 0 aromatic heterocycles. The molecule has 0 rings (SSSR count). The molecular weight excluding hydrogens is 208 g/mol. The van der Waals surface area contributed by atoms with Crippen LogP contribution in [0.5, 0.6) is 0 Å². The summed E-state index contributed by atoms with van der Waals surface area (Å²) in [6.07, 6.45) is 6.81. The first kappa shape index (κ1) is 14.2. The van der Waals surface area contributed by atoms with Gasteiger partial charge in [0.15, 0.2) is 0 Å². The van der Waals surface area contributed by atoms with Crippen LogP contribution in [-0.2, 0) is 9.59 Å². The van der Waals surface area contributed by atoms with Crippen molar-refractivity contribution in [2.75, 3.05) is 0 Å². The monoisotopic (exact) mass is 224 g/mol. The predicted molar refractivity (Wildman–Crippen MR) is 61.2 cm³/mol. The Balaban J connectivity index is 4.19. The smallest absolute Gasteiger partial charge is 0.307 e. The van der Waals surface area contributed by atoms with Crippen molar-refractivity contribution in [3.63, 3.8) is 0 Å². The van der Waals surface area contributed by atoms with Gasteiger partial charge in [-0.3, -0.25) is 9.59 Å². The van der Waals surface area contributed by atoms with Gasteiger partial charge in [-0.1, -0.05) is 35.5 Å². The van der Waals surface area contributed by atoms with Crippen LogP contribution in [0.2, 0.25) is 0 Å². The fraction of sp³-hybridized carbons (Fsp3) is 0.333. The van der Waals surface area contributed by atoms with Crippen molar-refractivity contribution in [2.24, 2.45) is 0 Å². The molecule has 0 aliphatic carbocycles. The van der Waals surface area contributed by atoms with E-state index in [-0.39, 0.29) is 12.8 Å². The molecule has 0 heterocycles. The van der Waals surface area contributed by atoms with E-state index in [9.17, 15) is 9.59 Å². The van der Waals surface area contributed by atoms with Gasteiger partial charge >= 0.3 is 11.9 Å². The maximum atomic E-state index is 10.3. The maximum absolute atomic E-state index is 10.3. The van der Waals surface area contributed by atoms with Gasteiger partial charge in [0.25, 0.3) is 0 Å². The third kappa shape index (κ3) is 8.74. The molecule has 0 fully saturated rings. The highest BCUT2D eigenvalue weighted by atomic mass is 16.4. The van der Waals surface area contributed by atoms with E-state index < -0.39 is 11.9 Å². The van der Waals surface area contributed by atoms with Crippen LogP contribution in [0, 0.1) is 0 Å². The molecule has 0 aliphatic heterocycles. The Morgan fingerprint density at radius 2 is 1.19 bits per heavy atom. The van der Waals surface area contributed by atoms with Crippen molar-refractivity contribution in [3.05, 3.63) is 35.5 Å². The van der Waals surface area contributed by atoms with Gasteiger partial charge in [-0.15, -0.1) is 0 Å². The third-order valence-electron chi connectivity index (χ3n) is 1.73. The molecule has 88 valence electrons. The Kier molecular flexibility index (Phi) is 6.59. The molecule has 0 radical (unpaired) electrons. The topological polar surface area (TPSA) is 74.6 Å². The number of carbonyl (C=O) groups is 2. The molecule has 16 heavy (non-hydrogen) atoms. The van der Waals surface area contributed by atoms with Crippen molar-refractivity contribution in [1.29, 1.82) is 0 Å². The van der Waals surface area contributed by atoms with E-state index in [2.05, 4.69) is 0 Å². The summed E-state index contributed by atoms with van der Waals surface area (Å²) in [6, 6.07) is 0. The lowest BCUT2D eigenvalue weighted by Gasteiger charge is -1.93. The first-order valence-electron chi connectivity index (χ1n) is 4.85. The van der Waals surface area contributed by atoms with Crippen LogP contribution in [0.1, 0.15) is 26.7 Å². The quantitative estimate of drug-likeness (QED) is 0.679. The highest BCUT2D eigenvalue weighted by Gasteiger charge is 1.96. The minimum absolute atomic E-state index is 0.0160. The molecule has 4 nitrogen and oxygen atoms in total. The average molecular weight is 224 g/mol. The Morgan fingerprint density at radius 3 is 1.44 bits per heavy atom. The molecule has 0 amide bonds. The summed E-state index contributed by atoms with van der Waals surface area (Å²) in [5, 5.41) is 17.0. The number of carboxylic acid groups (broad SMARTS) is 2. The normalized spacial score (nSPS) is 13.1. The van der Waals surface area contributed by atoms with Crippen molar-refractivity contribution in [1.82, 2.24) is 0 Å². The second kappa shape index (κ2) is 7.45. The Bertz CT molecular complexity index is 314. The zero-order valence-corrected chi connectivity index (χ0v) is 9.43. The molecule has 0 spiro atoms. The Labute approximate surface area is 94.6 Å². The van der Waals surface area contributed by atoms with E-state index in [0.717, 1.165) is 11.1 Å². The number of rotatable bonds is 6. The number of hydrogen-bond acceptors (Lipinski definition) is 2. The molecule has 0 aromatic rings. The molecule has 0 bridgehead atoms. The van der Waals surface area contributed by atoms with E-state index in [4.69, 9.17) is 10.2 Å². The fourth-order valence-corrected chi connectivity index (χ4v) is 1.03. The van der Waals surface area contributed by atoms with Gasteiger partial charge in [0, 0.05) is 0 Å². The second-order valence-corrected chi connectivity index (χ2v) is 3.55. The molecule has 0 saturated heterocycles. The lowest BCUT2D eigenvalue weighted by atomic mass is 10.2. The minimum Gasteiger partial charge on any atom is -0.481 e. The Morgan fingerprint density at radius 1 is 0.875 bits per heavy atom. The molecule has 4 heteroatoms. The van der Waals surface area contributed by atoms with E-state index in [1.54, 1.807) is 38.2 Å². The van der Waals surface area contributed by atoms with Crippen molar-refractivity contribution < 1.29 is 19.8 Å². The van der Waals surface area contributed by atoms with Crippen LogP contribution in [0.4, 0.5) is 0 Å². The molecule has 0 aliphatic rings. The summed E-state index contributed by atoms with van der Waals surface area (Å²) in [5.74, 6) is -1.72. The fourth-order valence-electron chi connectivity index (χ4n) is 1.03.